The third-order valence-electron chi connectivity index (χ3n) is 3.39. The van der Waals surface area contributed by atoms with Gasteiger partial charge in [0.2, 0.25) is 0 Å². The summed E-state index contributed by atoms with van der Waals surface area (Å²) in [5.41, 5.74) is 2.20. The highest BCUT2D eigenvalue weighted by molar-refractivity contribution is 7.99. The molecule has 2 aromatic heterocycles. The Morgan fingerprint density at radius 3 is 2.58 bits per heavy atom. The number of aromatic nitrogens is 4. The number of benzene rings is 1. The summed E-state index contributed by atoms with van der Waals surface area (Å²) in [5.74, 6) is 1.67. The number of thioether (sulfide) groups is 1. The minimum absolute atomic E-state index is 0.676. The Balaban J connectivity index is 1.73. The molecule has 3 rings (SSSR count). The van der Waals surface area contributed by atoms with Crippen LogP contribution in [0, 0.1) is 0 Å². The molecule has 0 spiro atoms. The molecular weight excluding hydrogens is 316 g/mol. The molecule has 0 amide bonds. The van der Waals surface area contributed by atoms with Crippen LogP contribution in [-0.2, 0) is 6.54 Å². The summed E-state index contributed by atoms with van der Waals surface area (Å²) in [7, 11) is 0. The van der Waals surface area contributed by atoms with Crippen LogP contribution >= 0.6 is 11.8 Å². The lowest BCUT2D eigenvalue weighted by molar-refractivity contribution is 0.732. The highest BCUT2D eigenvalue weighted by Gasteiger charge is 2.12. The zero-order valence-corrected chi connectivity index (χ0v) is 14.1. The van der Waals surface area contributed by atoms with Crippen molar-refractivity contribution in [3.63, 3.8) is 0 Å². The second kappa shape index (κ2) is 8.26. The van der Waals surface area contributed by atoms with Crippen molar-refractivity contribution in [2.24, 2.45) is 0 Å². The van der Waals surface area contributed by atoms with Crippen LogP contribution in [0.25, 0.3) is 17.5 Å². The van der Waals surface area contributed by atoms with E-state index >= 15 is 0 Å². The molecule has 4 nitrogen and oxygen atoms in total. The SMILES string of the molecule is C=CCn1c(SCC=Cc2ccccc2)nnc1-c1ccncc1. The second-order valence-corrected chi connectivity index (χ2v) is 6.05. The van der Waals surface area contributed by atoms with E-state index in [1.165, 1.54) is 5.56 Å². The molecule has 24 heavy (non-hydrogen) atoms. The van der Waals surface area contributed by atoms with Crippen LogP contribution in [0.15, 0.2) is 78.7 Å². The van der Waals surface area contributed by atoms with Crippen molar-refractivity contribution in [1.29, 1.82) is 0 Å². The molecule has 1 aromatic carbocycles. The summed E-state index contributed by atoms with van der Waals surface area (Å²) in [5, 5.41) is 9.55. The highest BCUT2D eigenvalue weighted by Crippen LogP contribution is 2.23. The van der Waals surface area contributed by atoms with Crippen molar-refractivity contribution in [1.82, 2.24) is 19.7 Å². The third kappa shape index (κ3) is 4.00. The molecule has 120 valence electrons. The van der Waals surface area contributed by atoms with E-state index < -0.39 is 0 Å². The highest BCUT2D eigenvalue weighted by atomic mass is 32.2. The standard InChI is InChI=1S/C19H18N4S/c1-2-14-23-18(17-10-12-20-13-11-17)21-22-19(23)24-15-6-9-16-7-4-3-5-8-16/h2-13H,1,14-15H2. The average Bonchev–Trinajstić information content (AvgIpc) is 3.03. The van der Waals surface area contributed by atoms with Gasteiger partial charge in [0, 0.05) is 30.3 Å². The van der Waals surface area contributed by atoms with Crippen molar-refractivity contribution in [2.75, 3.05) is 5.75 Å². The summed E-state index contributed by atoms with van der Waals surface area (Å²) in [4.78, 5) is 4.05. The van der Waals surface area contributed by atoms with Crippen molar-refractivity contribution in [3.8, 4) is 11.4 Å². The predicted molar refractivity (Wildman–Crippen MR) is 99.7 cm³/mol. The summed E-state index contributed by atoms with van der Waals surface area (Å²) in [6, 6.07) is 14.1. The summed E-state index contributed by atoms with van der Waals surface area (Å²) >= 11 is 1.66. The Kier molecular flexibility index (Phi) is 5.58. The molecular formula is C19H18N4S. The molecule has 0 aliphatic rings. The maximum Gasteiger partial charge on any atom is 0.192 e. The molecule has 0 saturated heterocycles. The number of nitrogens with zero attached hydrogens (tertiary/aromatic N) is 4. The Hall–Kier alpha value is -2.66. The van der Waals surface area contributed by atoms with Gasteiger partial charge in [0.15, 0.2) is 11.0 Å². The first kappa shape index (κ1) is 16.2. The van der Waals surface area contributed by atoms with E-state index in [9.17, 15) is 0 Å². The fourth-order valence-corrected chi connectivity index (χ4v) is 3.03. The van der Waals surface area contributed by atoms with E-state index in [2.05, 4.69) is 50.6 Å². The van der Waals surface area contributed by atoms with Crippen LogP contribution in [-0.4, -0.2) is 25.5 Å². The normalized spacial score (nSPS) is 11.0. The van der Waals surface area contributed by atoms with Crippen LogP contribution in [0.1, 0.15) is 5.56 Å². The zero-order valence-electron chi connectivity index (χ0n) is 13.2. The van der Waals surface area contributed by atoms with Crippen molar-refractivity contribution < 1.29 is 0 Å². The summed E-state index contributed by atoms with van der Waals surface area (Å²) < 4.78 is 2.07. The number of hydrogen-bond donors (Lipinski definition) is 0. The first-order valence-electron chi connectivity index (χ1n) is 7.67. The third-order valence-corrected chi connectivity index (χ3v) is 4.30. The zero-order chi connectivity index (χ0) is 16.6. The average molecular weight is 334 g/mol. The number of allylic oxidation sites excluding steroid dienone is 1. The topological polar surface area (TPSA) is 43.6 Å². The summed E-state index contributed by atoms with van der Waals surface area (Å²) in [6.07, 6.45) is 9.64. The van der Waals surface area contributed by atoms with Crippen LogP contribution in [0.4, 0.5) is 0 Å². The van der Waals surface area contributed by atoms with Gasteiger partial charge >= 0.3 is 0 Å². The molecule has 0 bridgehead atoms. The van der Waals surface area contributed by atoms with Gasteiger partial charge in [-0.15, -0.1) is 16.8 Å². The van der Waals surface area contributed by atoms with Gasteiger partial charge in [-0.25, -0.2) is 0 Å². The van der Waals surface area contributed by atoms with Gasteiger partial charge in [-0.05, 0) is 17.7 Å². The van der Waals surface area contributed by atoms with Gasteiger partial charge in [-0.2, -0.15) is 0 Å². The van der Waals surface area contributed by atoms with Gasteiger partial charge in [0.1, 0.15) is 0 Å². The Bertz CT molecular complexity index is 810. The molecule has 0 radical (unpaired) electrons. The van der Waals surface area contributed by atoms with E-state index in [1.54, 1.807) is 24.2 Å². The molecule has 0 unspecified atom stereocenters. The maximum absolute atomic E-state index is 4.33. The van der Waals surface area contributed by atoms with E-state index in [4.69, 9.17) is 0 Å². The van der Waals surface area contributed by atoms with E-state index in [1.807, 2.05) is 36.4 Å². The minimum Gasteiger partial charge on any atom is -0.298 e. The van der Waals surface area contributed by atoms with Gasteiger partial charge < -0.3 is 0 Å². The van der Waals surface area contributed by atoms with Gasteiger partial charge in [-0.3, -0.25) is 9.55 Å². The smallest absolute Gasteiger partial charge is 0.192 e. The molecule has 0 N–H and O–H groups in total. The fourth-order valence-electron chi connectivity index (χ4n) is 2.27. The summed E-state index contributed by atoms with van der Waals surface area (Å²) in [6.45, 7) is 4.51. The lowest BCUT2D eigenvalue weighted by Gasteiger charge is -2.06. The van der Waals surface area contributed by atoms with Gasteiger partial charge in [0.25, 0.3) is 0 Å². The lowest BCUT2D eigenvalue weighted by Crippen LogP contribution is -2.00. The minimum atomic E-state index is 0.676. The van der Waals surface area contributed by atoms with E-state index in [0.717, 1.165) is 22.3 Å². The lowest BCUT2D eigenvalue weighted by atomic mass is 10.2. The van der Waals surface area contributed by atoms with Crippen LogP contribution in [0.2, 0.25) is 0 Å². The van der Waals surface area contributed by atoms with Crippen LogP contribution in [0.3, 0.4) is 0 Å². The first-order chi connectivity index (χ1) is 11.9. The van der Waals surface area contributed by atoms with Crippen molar-refractivity contribution in [2.45, 2.75) is 11.7 Å². The quantitative estimate of drug-likeness (QED) is 0.476. The Labute approximate surface area is 146 Å². The fraction of sp³-hybridized carbons (Fsp3) is 0.105. The Morgan fingerprint density at radius 1 is 1.04 bits per heavy atom. The molecule has 0 saturated carbocycles. The molecule has 2 heterocycles. The number of rotatable bonds is 7. The predicted octanol–water partition coefficient (Wildman–Crippen LogP) is 4.33. The molecule has 0 fully saturated rings. The monoisotopic (exact) mass is 334 g/mol. The van der Waals surface area contributed by atoms with E-state index in [0.29, 0.717) is 6.54 Å². The Morgan fingerprint density at radius 2 is 1.83 bits per heavy atom. The first-order valence-corrected chi connectivity index (χ1v) is 8.66. The maximum atomic E-state index is 4.33. The van der Waals surface area contributed by atoms with Gasteiger partial charge in [0.05, 0.1) is 0 Å². The number of hydrogen-bond acceptors (Lipinski definition) is 4. The van der Waals surface area contributed by atoms with Crippen molar-refractivity contribution >= 4 is 17.8 Å². The largest absolute Gasteiger partial charge is 0.298 e. The molecule has 0 atom stereocenters. The second-order valence-electron chi connectivity index (χ2n) is 5.07. The molecule has 0 aliphatic heterocycles. The molecule has 0 aliphatic carbocycles. The molecule has 3 aromatic rings. The van der Waals surface area contributed by atoms with Crippen molar-refractivity contribution in [3.05, 3.63) is 79.2 Å². The van der Waals surface area contributed by atoms with E-state index in [-0.39, 0.29) is 0 Å². The van der Waals surface area contributed by atoms with Crippen LogP contribution in [0.5, 0.6) is 0 Å². The van der Waals surface area contributed by atoms with Crippen LogP contribution < -0.4 is 0 Å². The van der Waals surface area contributed by atoms with Gasteiger partial charge in [-0.1, -0.05) is 60.3 Å². The molecule has 5 heteroatoms. The number of pyridine rings is 1.